The second kappa shape index (κ2) is 6.74. The molecule has 2 atom stereocenters. The SMILES string of the molecule is Cc1cc2cc(C(=O)N3C[C@@H]4COC[C@H](C3)N(CC(=O)O)C4)ccc2o1. The lowest BCUT2D eigenvalue weighted by atomic mass is 10.1. The highest BCUT2D eigenvalue weighted by Crippen LogP contribution is 2.24. The zero-order chi connectivity index (χ0) is 18.3. The Morgan fingerprint density at radius 3 is 2.85 bits per heavy atom. The van der Waals surface area contributed by atoms with Crippen LogP contribution in [0.2, 0.25) is 0 Å². The molecule has 0 aliphatic carbocycles. The zero-order valence-electron chi connectivity index (χ0n) is 14.7. The van der Waals surface area contributed by atoms with Crippen LogP contribution in [0, 0.1) is 12.8 Å². The van der Waals surface area contributed by atoms with E-state index in [0.29, 0.717) is 38.4 Å². The van der Waals surface area contributed by atoms with E-state index in [9.17, 15) is 9.59 Å². The second-order valence-electron chi connectivity index (χ2n) is 7.20. The molecule has 26 heavy (non-hydrogen) atoms. The Labute approximate surface area is 151 Å². The molecule has 1 aromatic carbocycles. The molecule has 0 unspecified atom stereocenters. The minimum atomic E-state index is -0.851. The fraction of sp³-hybridized carbons (Fsp3) is 0.474. The number of aliphatic carboxylic acids is 1. The van der Waals surface area contributed by atoms with Crippen molar-refractivity contribution in [1.82, 2.24) is 9.80 Å². The Morgan fingerprint density at radius 1 is 1.19 bits per heavy atom. The summed E-state index contributed by atoms with van der Waals surface area (Å²) >= 11 is 0. The number of carboxylic acids is 1. The number of hydrogen-bond donors (Lipinski definition) is 1. The van der Waals surface area contributed by atoms with E-state index in [0.717, 1.165) is 16.7 Å². The van der Waals surface area contributed by atoms with Crippen molar-refractivity contribution < 1.29 is 23.8 Å². The molecule has 0 radical (unpaired) electrons. The van der Waals surface area contributed by atoms with Gasteiger partial charge in [-0.15, -0.1) is 0 Å². The van der Waals surface area contributed by atoms with Crippen LogP contribution in [0.25, 0.3) is 11.0 Å². The predicted octanol–water partition coefficient (Wildman–Crippen LogP) is 1.60. The molecule has 2 aliphatic rings. The monoisotopic (exact) mass is 358 g/mol. The van der Waals surface area contributed by atoms with Crippen molar-refractivity contribution >= 4 is 22.8 Å². The molecule has 7 heteroatoms. The minimum Gasteiger partial charge on any atom is -0.480 e. The highest BCUT2D eigenvalue weighted by Gasteiger charge is 2.36. The van der Waals surface area contributed by atoms with Crippen molar-refractivity contribution in [2.75, 3.05) is 39.4 Å². The van der Waals surface area contributed by atoms with Crippen LogP contribution < -0.4 is 0 Å². The van der Waals surface area contributed by atoms with Gasteiger partial charge in [-0.2, -0.15) is 0 Å². The number of hydrogen-bond acceptors (Lipinski definition) is 5. The molecular formula is C19H22N2O5. The van der Waals surface area contributed by atoms with E-state index in [1.807, 2.05) is 34.9 Å². The smallest absolute Gasteiger partial charge is 0.317 e. The van der Waals surface area contributed by atoms with E-state index in [-0.39, 0.29) is 24.4 Å². The lowest BCUT2D eigenvalue weighted by Gasteiger charge is -2.30. The minimum absolute atomic E-state index is 0.0210. The second-order valence-corrected chi connectivity index (χ2v) is 7.20. The number of nitrogens with zero attached hydrogens (tertiary/aromatic N) is 2. The fourth-order valence-electron chi connectivity index (χ4n) is 3.95. The Hall–Kier alpha value is -2.38. The molecule has 2 bridgehead atoms. The van der Waals surface area contributed by atoms with Crippen molar-refractivity contribution in [3.8, 4) is 0 Å². The Bertz CT molecular complexity index is 846. The van der Waals surface area contributed by atoms with Gasteiger partial charge in [0, 0.05) is 36.5 Å². The molecule has 138 valence electrons. The van der Waals surface area contributed by atoms with Gasteiger partial charge in [0.05, 0.1) is 25.8 Å². The van der Waals surface area contributed by atoms with Gasteiger partial charge in [-0.25, -0.2) is 0 Å². The van der Waals surface area contributed by atoms with Crippen molar-refractivity contribution in [1.29, 1.82) is 0 Å². The summed E-state index contributed by atoms with van der Waals surface area (Å²) in [7, 11) is 0. The first-order valence-corrected chi connectivity index (χ1v) is 8.82. The summed E-state index contributed by atoms with van der Waals surface area (Å²) in [4.78, 5) is 28.0. The molecule has 3 heterocycles. The summed E-state index contributed by atoms with van der Waals surface area (Å²) in [5.74, 6) is 0.0529. The van der Waals surface area contributed by atoms with E-state index in [1.165, 1.54) is 0 Å². The van der Waals surface area contributed by atoms with Crippen LogP contribution in [0.5, 0.6) is 0 Å². The van der Waals surface area contributed by atoms with Gasteiger partial charge >= 0.3 is 5.97 Å². The Balaban J connectivity index is 1.58. The van der Waals surface area contributed by atoms with Crippen LogP contribution in [-0.2, 0) is 9.53 Å². The first kappa shape index (κ1) is 17.1. The number of amides is 1. The van der Waals surface area contributed by atoms with Gasteiger partial charge in [0.2, 0.25) is 0 Å². The van der Waals surface area contributed by atoms with Crippen molar-refractivity contribution in [2.45, 2.75) is 13.0 Å². The fourth-order valence-corrected chi connectivity index (χ4v) is 3.95. The first-order chi connectivity index (χ1) is 12.5. The van der Waals surface area contributed by atoms with E-state index in [1.54, 1.807) is 6.07 Å². The van der Waals surface area contributed by atoms with Crippen molar-refractivity contribution in [2.24, 2.45) is 5.92 Å². The highest BCUT2D eigenvalue weighted by atomic mass is 16.5. The van der Waals surface area contributed by atoms with Gasteiger partial charge in [-0.3, -0.25) is 14.5 Å². The van der Waals surface area contributed by atoms with Gasteiger partial charge in [0.15, 0.2) is 0 Å². The normalized spacial score (nSPS) is 23.8. The summed E-state index contributed by atoms with van der Waals surface area (Å²) < 4.78 is 11.3. The molecule has 1 aromatic heterocycles. The van der Waals surface area contributed by atoms with Crippen LogP contribution >= 0.6 is 0 Å². The maximum absolute atomic E-state index is 13.1. The molecule has 0 saturated carbocycles. The van der Waals surface area contributed by atoms with Gasteiger partial charge in [-0.05, 0) is 31.2 Å². The number of rotatable bonds is 3. The van der Waals surface area contributed by atoms with Crippen LogP contribution in [0.1, 0.15) is 16.1 Å². The first-order valence-electron chi connectivity index (χ1n) is 8.82. The van der Waals surface area contributed by atoms with Crippen molar-refractivity contribution in [3.05, 3.63) is 35.6 Å². The topological polar surface area (TPSA) is 83.2 Å². The lowest BCUT2D eigenvalue weighted by Crippen LogP contribution is -2.47. The largest absolute Gasteiger partial charge is 0.480 e. The summed E-state index contributed by atoms with van der Waals surface area (Å²) in [6, 6.07) is 7.31. The molecule has 2 fully saturated rings. The van der Waals surface area contributed by atoms with Crippen LogP contribution in [0.4, 0.5) is 0 Å². The van der Waals surface area contributed by atoms with Gasteiger partial charge in [0.1, 0.15) is 11.3 Å². The molecule has 1 amide bonds. The van der Waals surface area contributed by atoms with Crippen molar-refractivity contribution in [3.63, 3.8) is 0 Å². The number of fused-ring (bicyclic) bond motifs is 4. The Morgan fingerprint density at radius 2 is 2.04 bits per heavy atom. The number of ether oxygens (including phenoxy) is 1. The summed E-state index contributed by atoms with van der Waals surface area (Å²) in [6.07, 6.45) is 0. The molecule has 4 rings (SSSR count). The van der Waals surface area contributed by atoms with Crippen LogP contribution in [-0.4, -0.2) is 72.2 Å². The van der Waals surface area contributed by atoms with E-state index >= 15 is 0 Å². The highest BCUT2D eigenvalue weighted by molar-refractivity contribution is 5.98. The number of carbonyl (C=O) groups excluding carboxylic acids is 1. The van der Waals surface area contributed by atoms with Gasteiger partial charge < -0.3 is 19.2 Å². The quantitative estimate of drug-likeness (QED) is 0.897. The summed E-state index contributed by atoms with van der Waals surface area (Å²) in [5.41, 5.74) is 1.40. The third-order valence-corrected chi connectivity index (χ3v) is 5.09. The number of aryl methyl sites for hydroxylation is 1. The van der Waals surface area contributed by atoms with Gasteiger partial charge in [0.25, 0.3) is 5.91 Å². The van der Waals surface area contributed by atoms with Crippen LogP contribution in [0.15, 0.2) is 28.7 Å². The summed E-state index contributed by atoms with van der Waals surface area (Å²) in [6.45, 7) is 4.56. The van der Waals surface area contributed by atoms with E-state index in [2.05, 4.69) is 0 Å². The predicted molar refractivity (Wildman–Crippen MR) is 94.2 cm³/mol. The maximum atomic E-state index is 13.1. The number of furan rings is 1. The lowest BCUT2D eigenvalue weighted by molar-refractivity contribution is -0.139. The van der Waals surface area contributed by atoms with Gasteiger partial charge in [-0.1, -0.05) is 0 Å². The molecule has 7 nitrogen and oxygen atoms in total. The molecule has 2 saturated heterocycles. The average molecular weight is 358 g/mol. The third-order valence-electron chi connectivity index (χ3n) is 5.09. The van der Waals surface area contributed by atoms with E-state index < -0.39 is 5.97 Å². The molecular weight excluding hydrogens is 336 g/mol. The number of carbonyl (C=O) groups is 2. The summed E-state index contributed by atoms with van der Waals surface area (Å²) in [5, 5.41) is 10.1. The molecule has 0 spiro atoms. The standard InChI is InChI=1S/C19H22N2O5/c1-12-4-15-5-14(2-3-17(15)26-12)19(24)21-7-13-6-20(9-18(22)23)16(8-21)11-25-10-13/h2-5,13,16H,6-11H2,1H3,(H,22,23)/t13-,16+/m1/s1. The number of carboxylic acid groups (broad SMARTS) is 1. The molecule has 2 aromatic rings. The Kier molecular flexibility index (Phi) is 4.42. The zero-order valence-corrected chi connectivity index (χ0v) is 14.7. The molecule has 2 aliphatic heterocycles. The third kappa shape index (κ3) is 3.32. The van der Waals surface area contributed by atoms with E-state index in [4.69, 9.17) is 14.3 Å². The maximum Gasteiger partial charge on any atom is 0.317 e. The average Bonchev–Trinajstić information content (AvgIpc) is 2.72. The van der Waals surface area contributed by atoms with Crippen LogP contribution in [0.3, 0.4) is 0 Å². The number of benzene rings is 1. The molecule has 1 N–H and O–H groups in total.